The quantitative estimate of drug-likeness (QED) is 0.143. The van der Waals surface area contributed by atoms with E-state index >= 15 is 0 Å². The average molecular weight is 654 g/mol. The maximum atomic E-state index is 13.0. The molecule has 11 heteroatoms. The molecule has 1 aliphatic carbocycles. The molecule has 3 N–H and O–H groups in total. The number of ether oxygens (including phenoxy) is 1. The van der Waals surface area contributed by atoms with Crippen LogP contribution in [0.3, 0.4) is 0 Å². The number of nitrogens with one attached hydrogen (secondary N) is 3. The zero-order chi connectivity index (χ0) is 30.9. The lowest BCUT2D eigenvalue weighted by Gasteiger charge is -2.37. The second-order valence-electron chi connectivity index (χ2n) is 11.1. The second kappa shape index (κ2) is 14.8. The Bertz CT molecular complexity index is 1380. The molecule has 230 valence electrons. The molecule has 0 unspecified atom stereocenters. The number of anilines is 1. The van der Waals surface area contributed by atoms with Gasteiger partial charge in [-0.3, -0.25) is 24.4 Å². The summed E-state index contributed by atoms with van der Waals surface area (Å²) in [5.41, 5.74) is 2.34. The summed E-state index contributed by atoms with van der Waals surface area (Å²) in [6.07, 6.45) is 13.1. The molecule has 4 rings (SSSR count). The van der Waals surface area contributed by atoms with E-state index in [1.165, 1.54) is 0 Å². The minimum atomic E-state index is -0.752. The van der Waals surface area contributed by atoms with Crippen LogP contribution in [0.5, 0.6) is 0 Å². The predicted octanol–water partition coefficient (Wildman–Crippen LogP) is 3.98. The van der Waals surface area contributed by atoms with Gasteiger partial charge < -0.3 is 20.7 Å². The molecular weight excluding hydrogens is 612 g/mol. The number of amides is 2. The van der Waals surface area contributed by atoms with Gasteiger partial charge in [-0.15, -0.1) is 0 Å². The Kier molecular flexibility index (Phi) is 11.2. The van der Waals surface area contributed by atoms with Crippen molar-refractivity contribution in [3.8, 4) is 0 Å². The van der Waals surface area contributed by atoms with Crippen molar-refractivity contribution in [2.75, 3.05) is 44.0 Å². The summed E-state index contributed by atoms with van der Waals surface area (Å²) < 4.78 is 5.52. The SMILES string of the molecule is CC/C(=C/C=C\CBr)CC(=NCC(=O)NC/C=C1/C[C@@]2(CC1=NC)C(=O)Nc1ncccc12)NC1(C(C)=O)CCOCC1. The minimum absolute atomic E-state index is 0.0397. The summed E-state index contributed by atoms with van der Waals surface area (Å²) in [7, 11) is 1.72. The van der Waals surface area contributed by atoms with Crippen LogP contribution in [0.25, 0.3) is 0 Å². The van der Waals surface area contributed by atoms with Gasteiger partial charge in [0, 0.05) is 75.3 Å². The topological polar surface area (TPSA) is 134 Å². The summed E-state index contributed by atoms with van der Waals surface area (Å²) in [5, 5.41) is 10.0. The fourth-order valence-corrected chi connectivity index (χ4v) is 6.09. The molecule has 1 saturated heterocycles. The number of hydrogen-bond acceptors (Lipinski definition) is 7. The standard InChI is InChI=1S/C32H41BrN6O4/c1-4-23(8-5-6-13-33)18-27(39-32(22(2)40)11-16-43-17-12-32)37-21-28(41)35-15-10-24-19-31(20-26(24)34-3)25-9-7-14-36-29(25)38-30(31)42/h5-10,14H,4,11-13,15-21H2,1-3H3,(H,35,41)(H,37,39)(H,36,38,42)/b6-5-,23-8-,24-10-,34-26?/t31-/m0/s1. The molecule has 10 nitrogen and oxygen atoms in total. The van der Waals surface area contributed by atoms with Crippen molar-refractivity contribution in [1.29, 1.82) is 0 Å². The van der Waals surface area contributed by atoms with Gasteiger partial charge in [0.25, 0.3) is 0 Å². The maximum absolute atomic E-state index is 13.0. The number of amidine groups is 1. The Morgan fingerprint density at radius 3 is 2.74 bits per heavy atom. The zero-order valence-electron chi connectivity index (χ0n) is 25.2. The van der Waals surface area contributed by atoms with E-state index in [1.54, 1.807) is 20.2 Å². The molecule has 1 atom stereocenters. The van der Waals surface area contributed by atoms with Crippen molar-refractivity contribution >= 4 is 50.9 Å². The normalized spacial score (nSPS) is 23.7. The van der Waals surface area contributed by atoms with Crippen LogP contribution in [0.4, 0.5) is 5.82 Å². The largest absolute Gasteiger partial charge is 0.381 e. The third kappa shape index (κ3) is 7.56. The number of Topliss-reactive ketones (excluding diaryl/α,β-unsaturated/α-hetero) is 1. The first-order chi connectivity index (χ1) is 20.8. The Morgan fingerprint density at radius 1 is 1.26 bits per heavy atom. The molecule has 1 spiro atoms. The first-order valence-corrected chi connectivity index (χ1v) is 15.9. The van der Waals surface area contributed by atoms with E-state index in [9.17, 15) is 14.4 Å². The summed E-state index contributed by atoms with van der Waals surface area (Å²) >= 11 is 3.40. The lowest BCUT2D eigenvalue weighted by atomic mass is 9.80. The molecule has 1 saturated carbocycles. The van der Waals surface area contributed by atoms with Crippen LogP contribution < -0.4 is 16.0 Å². The number of carbonyl (C=O) groups is 3. The van der Waals surface area contributed by atoms with Crippen LogP contribution in [0, 0.1) is 0 Å². The average Bonchev–Trinajstić information content (AvgIpc) is 3.52. The fourth-order valence-electron chi connectivity index (χ4n) is 5.88. The van der Waals surface area contributed by atoms with E-state index < -0.39 is 11.0 Å². The third-order valence-corrected chi connectivity index (χ3v) is 8.84. The maximum Gasteiger partial charge on any atom is 0.241 e. The molecule has 0 bridgehead atoms. The number of ketones is 1. The van der Waals surface area contributed by atoms with Gasteiger partial charge in [0.05, 0.1) is 5.41 Å². The lowest BCUT2D eigenvalue weighted by molar-refractivity contribution is -0.126. The first-order valence-electron chi connectivity index (χ1n) is 14.8. The van der Waals surface area contributed by atoms with Crippen molar-refractivity contribution in [3.05, 3.63) is 59.3 Å². The minimum Gasteiger partial charge on any atom is -0.381 e. The third-order valence-electron chi connectivity index (χ3n) is 8.46. The van der Waals surface area contributed by atoms with Gasteiger partial charge >= 0.3 is 0 Å². The number of carbonyl (C=O) groups excluding carboxylic acids is 3. The Morgan fingerprint density at radius 2 is 2.05 bits per heavy atom. The zero-order valence-corrected chi connectivity index (χ0v) is 26.8. The van der Waals surface area contributed by atoms with E-state index in [1.807, 2.05) is 30.4 Å². The van der Waals surface area contributed by atoms with E-state index in [0.717, 1.165) is 34.2 Å². The number of fused-ring (bicyclic) bond motifs is 2. The van der Waals surface area contributed by atoms with Gasteiger partial charge in [-0.2, -0.15) is 0 Å². The van der Waals surface area contributed by atoms with Crippen molar-refractivity contribution in [2.45, 2.75) is 63.3 Å². The number of halogens is 1. The van der Waals surface area contributed by atoms with Gasteiger partial charge in [0.1, 0.15) is 23.7 Å². The molecule has 3 heterocycles. The summed E-state index contributed by atoms with van der Waals surface area (Å²) in [6.45, 7) is 4.86. The molecule has 43 heavy (non-hydrogen) atoms. The van der Waals surface area contributed by atoms with Crippen molar-refractivity contribution in [2.24, 2.45) is 9.98 Å². The highest BCUT2D eigenvalue weighted by molar-refractivity contribution is 9.09. The summed E-state index contributed by atoms with van der Waals surface area (Å²) in [4.78, 5) is 52.1. The lowest BCUT2D eigenvalue weighted by Crippen LogP contribution is -2.56. The van der Waals surface area contributed by atoms with Crippen LogP contribution in [0.15, 0.2) is 63.8 Å². The molecule has 2 amide bonds. The van der Waals surface area contributed by atoms with E-state index in [0.29, 0.717) is 57.0 Å². The molecule has 0 aromatic carbocycles. The predicted molar refractivity (Wildman–Crippen MR) is 173 cm³/mol. The summed E-state index contributed by atoms with van der Waals surface area (Å²) in [5.74, 6) is 0.950. The van der Waals surface area contributed by atoms with Crippen LogP contribution in [0.1, 0.15) is 57.9 Å². The Hall–Kier alpha value is -3.44. The molecule has 2 fully saturated rings. The molecular formula is C32H41BrN6O4. The van der Waals surface area contributed by atoms with Gasteiger partial charge in [0.2, 0.25) is 11.8 Å². The molecule has 2 aliphatic heterocycles. The second-order valence-corrected chi connectivity index (χ2v) is 11.7. The van der Waals surface area contributed by atoms with Crippen molar-refractivity contribution in [1.82, 2.24) is 15.6 Å². The molecule has 3 aliphatic rings. The number of aromatic nitrogens is 1. The number of alkyl halides is 1. The summed E-state index contributed by atoms with van der Waals surface area (Å²) in [6, 6.07) is 3.78. The highest BCUT2D eigenvalue weighted by Gasteiger charge is 2.52. The number of pyridine rings is 1. The smallest absolute Gasteiger partial charge is 0.241 e. The van der Waals surface area contributed by atoms with Crippen LogP contribution in [0.2, 0.25) is 0 Å². The number of rotatable bonds is 11. The molecule has 1 aromatic heterocycles. The van der Waals surface area contributed by atoms with Gasteiger partial charge in [-0.25, -0.2) is 4.98 Å². The molecule has 1 aromatic rings. The monoisotopic (exact) mass is 652 g/mol. The van der Waals surface area contributed by atoms with Crippen molar-refractivity contribution in [3.63, 3.8) is 0 Å². The van der Waals surface area contributed by atoms with Gasteiger partial charge in [-0.05, 0) is 31.4 Å². The number of hydrogen-bond donors (Lipinski definition) is 3. The van der Waals surface area contributed by atoms with Gasteiger partial charge in [-0.1, -0.05) is 58.8 Å². The Labute approximate surface area is 261 Å². The molecule has 0 radical (unpaired) electrons. The van der Waals surface area contributed by atoms with Crippen LogP contribution in [-0.2, 0) is 24.5 Å². The van der Waals surface area contributed by atoms with Crippen LogP contribution in [-0.4, -0.2) is 78.3 Å². The highest BCUT2D eigenvalue weighted by atomic mass is 79.9. The first kappa shape index (κ1) is 32.5. The number of aliphatic imine (C=N–C) groups is 2. The Balaban J connectivity index is 1.45. The number of nitrogens with zero attached hydrogens (tertiary/aromatic N) is 3. The number of allylic oxidation sites excluding steroid dienone is 4. The van der Waals surface area contributed by atoms with E-state index in [-0.39, 0.29) is 30.7 Å². The van der Waals surface area contributed by atoms with Crippen LogP contribution >= 0.6 is 15.9 Å². The van der Waals surface area contributed by atoms with Crippen molar-refractivity contribution < 1.29 is 19.1 Å². The highest BCUT2D eigenvalue weighted by Crippen LogP contribution is 2.48. The van der Waals surface area contributed by atoms with E-state index in [4.69, 9.17) is 4.74 Å². The fraction of sp³-hybridized carbons (Fsp3) is 0.500. The van der Waals surface area contributed by atoms with E-state index in [2.05, 4.69) is 59.8 Å². The van der Waals surface area contributed by atoms with Gasteiger partial charge in [0.15, 0.2) is 5.78 Å².